The van der Waals surface area contributed by atoms with Gasteiger partial charge in [0.1, 0.15) is 0 Å². The summed E-state index contributed by atoms with van der Waals surface area (Å²) in [6, 6.07) is 9.78. The molecule has 0 saturated heterocycles. The first-order valence-corrected chi connectivity index (χ1v) is 5.57. The highest BCUT2D eigenvalue weighted by Crippen LogP contribution is 2.18. The highest BCUT2D eigenvalue weighted by molar-refractivity contribution is 5.85. The molecule has 1 rings (SSSR count). The molecule has 0 heterocycles. The summed E-state index contributed by atoms with van der Waals surface area (Å²) in [6.07, 6.45) is 0.256. The van der Waals surface area contributed by atoms with E-state index in [1.165, 1.54) is 0 Å². The van der Waals surface area contributed by atoms with Crippen molar-refractivity contribution >= 4 is 12.3 Å². The number of carbonyl (C=O) groups is 2. The zero-order chi connectivity index (χ0) is 12.7. The van der Waals surface area contributed by atoms with Crippen molar-refractivity contribution in [3.05, 3.63) is 35.9 Å². The standard InChI is InChI=1S/C13H17NO3/c1-10(8-13(16)14-9-15)17-11(2)12-6-4-3-5-7-12/h3-7,9-11H,8H2,1-2H3,(H,14,15,16). The van der Waals surface area contributed by atoms with Crippen molar-refractivity contribution in [3.8, 4) is 0 Å². The largest absolute Gasteiger partial charge is 0.370 e. The Hall–Kier alpha value is -1.68. The first kappa shape index (κ1) is 13.4. The highest BCUT2D eigenvalue weighted by Gasteiger charge is 2.13. The van der Waals surface area contributed by atoms with Crippen molar-refractivity contribution in [2.45, 2.75) is 32.5 Å². The quantitative estimate of drug-likeness (QED) is 0.765. The van der Waals surface area contributed by atoms with Crippen LogP contribution in [-0.2, 0) is 14.3 Å². The second kappa shape index (κ2) is 6.81. The molecule has 2 atom stereocenters. The number of ether oxygens (including phenoxy) is 1. The Morgan fingerprint density at radius 3 is 2.59 bits per heavy atom. The molecule has 17 heavy (non-hydrogen) atoms. The van der Waals surface area contributed by atoms with Crippen LogP contribution in [0.2, 0.25) is 0 Å². The molecule has 0 aliphatic rings. The molecule has 1 N–H and O–H groups in total. The molecule has 2 amide bonds. The molecule has 1 aromatic carbocycles. The number of hydrogen-bond acceptors (Lipinski definition) is 3. The molecule has 0 fully saturated rings. The zero-order valence-electron chi connectivity index (χ0n) is 10.1. The Balaban J connectivity index is 2.43. The molecule has 0 aliphatic heterocycles. The van der Waals surface area contributed by atoms with Crippen LogP contribution in [0.5, 0.6) is 0 Å². The topological polar surface area (TPSA) is 55.4 Å². The van der Waals surface area contributed by atoms with Crippen LogP contribution in [0.1, 0.15) is 31.9 Å². The normalized spacial score (nSPS) is 13.8. The maximum absolute atomic E-state index is 11.1. The van der Waals surface area contributed by atoms with Crippen LogP contribution >= 0.6 is 0 Å². The molecule has 4 nitrogen and oxygen atoms in total. The zero-order valence-corrected chi connectivity index (χ0v) is 10.1. The fourth-order valence-electron chi connectivity index (χ4n) is 1.58. The fourth-order valence-corrected chi connectivity index (χ4v) is 1.58. The number of hydrogen-bond donors (Lipinski definition) is 1. The van der Waals surface area contributed by atoms with Gasteiger partial charge in [-0.2, -0.15) is 0 Å². The van der Waals surface area contributed by atoms with Crippen molar-refractivity contribution in [2.24, 2.45) is 0 Å². The van der Waals surface area contributed by atoms with E-state index in [2.05, 4.69) is 5.32 Å². The number of imide groups is 1. The van der Waals surface area contributed by atoms with E-state index in [9.17, 15) is 9.59 Å². The molecule has 0 bridgehead atoms. The van der Waals surface area contributed by atoms with Gasteiger partial charge in [0.05, 0.1) is 18.6 Å². The second-order valence-electron chi connectivity index (χ2n) is 3.89. The number of nitrogens with one attached hydrogen (secondary N) is 1. The van der Waals surface area contributed by atoms with Crippen molar-refractivity contribution < 1.29 is 14.3 Å². The van der Waals surface area contributed by atoms with Gasteiger partial charge in [0.25, 0.3) is 0 Å². The lowest BCUT2D eigenvalue weighted by Gasteiger charge is -2.18. The molecule has 0 aliphatic carbocycles. The third-order valence-electron chi connectivity index (χ3n) is 2.40. The Morgan fingerprint density at radius 2 is 2.00 bits per heavy atom. The van der Waals surface area contributed by atoms with Crippen LogP contribution in [0.25, 0.3) is 0 Å². The van der Waals surface area contributed by atoms with Gasteiger partial charge < -0.3 is 4.74 Å². The Kier molecular flexibility index (Phi) is 5.36. The van der Waals surface area contributed by atoms with Gasteiger partial charge in [-0.05, 0) is 19.4 Å². The van der Waals surface area contributed by atoms with Gasteiger partial charge in [-0.25, -0.2) is 0 Å². The van der Waals surface area contributed by atoms with Crippen LogP contribution in [-0.4, -0.2) is 18.4 Å². The molecule has 0 spiro atoms. The second-order valence-corrected chi connectivity index (χ2v) is 3.89. The third kappa shape index (κ3) is 4.78. The average molecular weight is 235 g/mol. The maximum atomic E-state index is 11.1. The predicted octanol–water partition coefficient (Wildman–Crippen LogP) is 1.82. The third-order valence-corrected chi connectivity index (χ3v) is 2.40. The summed E-state index contributed by atoms with van der Waals surface area (Å²) in [6.45, 7) is 3.74. The van der Waals surface area contributed by atoms with Gasteiger partial charge in [0, 0.05) is 0 Å². The SMILES string of the molecule is CC(CC(=O)NC=O)OC(C)c1ccccc1. The van der Waals surface area contributed by atoms with E-state index in [1.54, 1.807) is 0 Å². The molecule has 0 aromatic heterocycles. The molecule has 0 radical (unpaired) electrons. The summed E-state index contributed by atoms with van der Waals surface area (Å²) >= 11 is 0. The van der Waals surface area contributed by atoms with Gasteiger partial charge >= 0.3 is 0 Å². The maximum Gasteiger partial charge on any atom is 0.228 e. The van der Waals surface area contributed by atoms with E-state index >= 15 is 0 Å². The van der Waals surface area contributed by atoms with E-state index in [0.717, 1.165) is 5.56 Å². The highest BCUT2D eigenvalue weighted by atomic mass is 16.5. The Morgan fingerprint density at radius 1 is 1.35 bits per heavy atom. The van der Waals surface area contributed by atoms with Gasteiger partial charge in [-0.1, -0.05) is 30.3 Å². The summed E-state index contributed by atoms with van der Waals surface area (Å²) in [5.74, 6) is -0.326. The average Bonchev–Trinajstić information content (AvgIpc) is 2.30. The molecule has 4 heteroatoms. The summed E-state index contributed by atoms with van der Waals surface area (Å²) in [4.78, 5) is 21.2. The molecule has 92 valence electrons. The van der Waals surface area contributed by atoms with Crippen molar-refractivity contribution in [3.63, 3.8) is 0 Å². The van der Waals surface area contributed by atoms with E-state index in [1.807, 2.05) is 44.2 Å². The monoisotopic (exact) mass is 235 g/mol. The minimum atomic E-state index is -0.326. The molecular formula is C13H17NO3. The molecular weight excluding hydrogens is 218 g/mol. The van der Waals surface area contributed by atoms with Gasteiger partial charge in [0.2, 0.25) is 12.3 Å². The Bertz CT molecular complexity index is 364. The molecule has 1 aromatic rings. The van der Waals surface area contributed by atoms with Gasteiger partial charge in [-0.15, -0.1) is 0 Å². The first-order chi connectivity index (χ1) is 8.13. The summed E-state index contributed by atoms with van der Waals surface area (Å²) in [5, 5.41) is 2.09. The number of carbonyl (C=O) groups excluding carboxylic acids is 2. The Labute approximate surface area is 101 Å². The van der Waals surface area contributed by atoms with Gasteiger partial charge in [0.15, 0.2) is 0 Å². The van der Waals surface area contributed by atoms with Crippen LogP contribution in [0.15, 0.2) is 30.3 Å². The lowest BCUT2D eigenvalue weighted by atomic mass is 10.1. The molecule has 2 unspecified atom stereocenters. The predicted molar refractivity (Wildman–Crippen MR) is 64.2 cm³/mol. The first-order valence-electron chi connectivity index (χ1n) is 5.57. The number of amides is 2. The summed E-state index contributed by atoms with van der Waals surface area (Å²) in [5.41, 5.74) is 1.06. The van der Waals surface area contributed by atoms with Gasteiger partial charge in [-0.3, -0.25) is 14.9 Å². The molecule has 0 saturated carbocycles. The number of benzene rings is 1. The lowest BCUT2D eigenvalue weighted by molar-refractivity contribution is -0.128. The minimum absolute atomic E-state index is 0.0739. The van der Waals surface area contributed by atoms with Crippen LogP contribution < -0.4 is 5.32 Å². The van der Waals surface area contributed by atoms with E-state index in [-0.39, 0.29) is 24.5 Å². The minimum Gasteiger partial charge on any atom is -0.370 e. The number of rotatable bonds is 6. The van der Waals surface area contributed by atoms with E-state index in [0.29, 0.717) is 6.41 Å². The van der Waals surface area contributed by atoms with Crippen LogP contribution in [0, 0.1) is 0 Å². The summed E-state index contributed by atoms with van der Waals surface area (Å²) in [7, 11) is 0. The van der Waals surface area contributed by atoms with E-state index in [4.69, 9.17) is 4.74 Å². The van der Waals surface area contributed by atoms with E-state index < -0.39 is 0 Å². The van der Waals surface area contributed by atoms with Crippen molar-refractivity contribution in [1.82, 2.24) is 5.32 Å². The summed E-state index contributed by atoms with van der Waals surface area (Å²) < 4.78 is 5.68. The van der Waals surface area contributed by atoms with Crippen molar-refractivity contribution in [2.75, 3.05) is 0 Å². The van der Waals surface area contributed by atoms with Crippen molar-refractivity contribution in [1.29, 1.82) is 0 Å². The smallest absolute Gasteiger partial charge is 0.228 e. The van der Waals surface area contributed by atoms with Crippen LogP contribution in [0.4, 0.5) is 0 Å². The van der Waals surface area contributed by atoms with Crippen LogP contribution in [0.3, 0.4) is 0 Å². The fraction of sp³-hybridized carbons (Fsp3) is 0.385. The lowest BCUT2D eigenvalue weighted by Crippen LogP contribution is -2.26.